The summed E-state index contributed by atoms with van der Waals surface area (Å²) in [6.07, 6.45) is 1.38. The van der Waals surface area contributed by atoms with E-state index < -0.39 is 0 Å². The quantitative estimate of drug-likeness (QED) is 0.831. The van der Waals surface area contributed by atoms with Crippen molar-refractivity contribution in [2.75, 3.05) is 19.6 Å². The van der Waals surface area contributed by atoms with E-state index >= 15 is 0 Å². The largest absolute Gasteiger partial charge is 0.487 e. The highest BCUT2D eigenvalue weighted by Crippen LogP contribution is 2.26. The molecule has 5 heteroatoms. The van der Waals surface area contributed by atoms with Crippen molar-refractivity contribution in [2.24, 2.45) is 5.92 Å². The van der Waals surface area contributed by atoms with Crippen LogP contribution >= 0.6 is 0 Å². The number of hydrogen-bond donors (Lipinski definition) is 0. The Morgan fingerprint density at radius 1 is 1.29 bits per heavy atom. The van der Waals surface area contributed by atoms with Crippen LogP contribution < -0.4 is 4.74 Å². The molecule has 0 aliphatic carbocycles. The van der Waals surface area contributed by atoms with Crippen molar-refractivity contribution in [2.45, 2.75) is 45.8 Å². The summed E-state index contributed by atoms with van der Waals surface area (Å²) in [5.74, 6) is 0.861. The van der Waals surface area contributed by atoms with E-state index in [0.717, 1.165) is 12.2 Å². The minimum atomic E-state index is -0.190. The molecule has 0 radical (unpaired) electrons. The number of amides is 2. The monoisotopic (exact) mass is 330 g/mol. The lowest BCUT2D eigenvalue weighted by Crippen LogP contribution is -2.57. The van der Waals surface area contributed by atoms with Crippen LogP contribution in [0.4, 0.5) is 0 Å². The normalized spacial score (nSPS) is 21.3. The first-order chi connectivity index (χ1) is 11.5. The van der Waals surface area contributed by atoms with E-state index in [1.54, 1.807) is 4.90 Å². The van der Waals surface area contributed by atoms with Gasteiger partial charge in [-0.25, -0.2) is 0 Å². The molecule has 0 spiro atoms. The van der Waals surface area contributed by atoms with Crippen molar-refractivity contribution in [3.8, 4) is 5.75 Å². The summed E-state index contributed by atoms with van der Waals surface area (Å²) < 4.78 is 5.95. The number of hydrogen-bond acceptors (Lipinski definition) is 3. The number of aryl methyl sites for hydroxylation is 1. The van der Waals surface area contributed by atoms with Crippen LogP contribution in [-0.4, -0.2) is 53.4 Å². The summed E-state index contributed by atoms with van der Waals surface area (Å²) in [4.78, 5) is 28.1. The number of rotatable bonds is 5. The molecule has 130 valence electrons. The average Bonchev–Trinajstić information content (AvgIpc) is 2.92. The topological polar surface area (TPSA) is 49.9 Å². The van der Waals surface area contributed by atoms with Gasteiger partial charge in [-0.3, -0.25) is 9.59 Å². The SMILES string of the molecule is CCc1cccc(OC2CN(C(=O)[C@H]3CC(=O)N(C(C)C)C3)C2)c1. The van der Waals surface area contributed by atoms with Crippen LogP contribution in [0.5, 0.6) is 5.75 Å². The summed E-state index contributed by atoms with van der Waals surface area (Å²) in [6.45, 7) is 7.87. The standard InChI is InChI=1S/C19H26N2O3/c1-4-14-6-5-7-16(8-14)24-17-11-20(12-17)19(23)15-9-18(22)21(10-15)13(2)3/h5-8,13,15,17H,4,9-12H2,1-3H3/t15-/m0/s1. The van der Waals surface area contributed by atoms with Crippen LogP contribution in [0, 0.1) is 5.92 Å². The Balaban J connectivity index is 1.49. The van der Waals surface area contributed by atoms with E-state index in [0.29, 0.717) is 26.1 Å². The number of likely N-dealkylation sites (tertiary alicyclic amines) is 2. The number of nitrogens with zero attached hydrogens (tertiary/aromatic N) is 2. The first-order valence-electron chi connectivity index (χ1n) is 8.81. The molecule has 1 aromatic carbocycles. The second-order valence-corrected chi connectivity index (χ2v) is 7.02. The van der Waals surface area contributed by atoms with E-state index in [2.05, 4.69) is 19.1 Å². The Morgan fingerprint density at radius 3 is 2.67 bits per heavy atom. The maximum Gasteiger partial charge on any atom is 0.228 e. The van der Waals surface area contributed by atoms with Crippen molar-refractivity contribution >= 4 is 11.8 Å². The lowest BCUT2D eigenvalue weighted by molar-refractivity contribution is -0.144. The number of ether oxygens (including phenoxy) is 1. The van der Waals surface area contributed by atoms with Gasteiger partial charge in [0.15, 0.2) is 0 Å². The van der Waals surface area contributed by atoms with Crippen molar-refractivity contribution in [3.05, 3.63) is 29.8 Å². The van der Waals surface area contributed by atoms with E-state index in [9.17, 15) is 9.59 Å². The van der Waals surface area contributed by atoms with Crippen molar-refractivity contribution in [1.29, 1.82) is 0 Å². The highest BCUT2D eigenvalue weighted by Gasteiger charge is 2.41. The van der Waals surface area contributed by atoms with Gasteiger partial charge in [-0.15, -0.1) is 0 Å². The van der Waals surface area contributed by atoms with Crippen LogP contribution in [0.25, 0.3) is 0 Å². The molecule has 2 amide bonds. The highest BCUT2D eigenvalue weighted by molar-refractivity contribution is 5.89. The smallest absolute Gasteiger partial charge is 0.228 e. The second kappa shape index (κ2) is 6.83. The fourth-order valence-electron chi connectivity index (χ4n) is 3.38. The first-order valence-corrected chi connectivity index (χ1v) is 8.81. The molecule has 24 heavy (non-hydrogen) atoms. The fourth-order valence-corrected chi connectivity index (χ4v) is 3.38. The maximum atomic E-state index is 12.5. The molecule has 2 fully saturated rings. The lowest BCUT2D eigenvalue weighted by atomic mass is 10.0. The molecule has 2 heterocycles. The molecule has 3 rings (SSSR count). The predicted octanol–water partition coefficient (Wildman–Crippen LogP) is 2.10. The third-order valence-electron chi connectivity index (χ3n) is 4.90. The molecule has 5 nitrogen and oxygen atoms in total. The highest BCUT2D eigenvalue weighted by atomic mass is 16.5. The van der Waals surface area contributed by atoms with Gasteiger partial charge in [0.2, 0.25) is 11.8 Å². The summed E-state index contributed by atoms with van der Waals surface area (Å²) in [7, 11) is 0. The summed E-state index contributed by atoms with van der Waals surface area (Å²) in [5, 5.41) is 0. The van der Waals surface area contributed by atoms with Gasteiger partial charge in [0.1, 0.15) is 11.9 Å². The molecule has 0 bridgehead atoms. The van der Waals surface area contributed by atoms with Crippen LogP contribution in [0.2, 0.25) is 0 Å². The van der Waals surface area contributed by atoms with Gasteiger partial charge in [0.25, 0.3) is 0 Å². The van der Waals surface area contributed by atoms with E-state index in [-0.39, 0.29) is 29.9 Å². The minimum absolute atomic E-state index is 0.0550. The predicted molar refractivity (Wildman–Crippen MR) is 91.8 cm³/mol. The Labute approximate surface area is 143 Å². The number of carbonyl (C=O) groups excluding carboxylic acids is 2. The molecule has 0 aromatic heterocycles. The van der Waals surface area contributed by atoms with Gasteiger partial charge in [-0.05, 0) is 38.0 Å². The summed E-state index contributed by atoms with van der Waals surface area (Å²) in [5.41, 5.74) is 1.25. The molecular formula is C19H26N2O3. The molecule has 2 aliphatic rings. The molecule has 0 unspecified atom stereocenters. The van der Waals surface area contributed by atoms with Crippen LogP contribution in [0.1, 0.15) is 32.8 Å². The zero-order valence-corrected chi connectivity index (χ0v) is 14.7. The fraction of sp³-hybridized carbons (Fsp3) is 0.579. The van der Waals surface area contributed by atoms with E-state index in [1.807, 2.05) is 30.9 Å². The van der Waals surface area contributed by atoms with Crippen molar-refractivity contribution in [3.63, 3.8) is 0 Å². The maximum absolute atomic E-state index is 12.5. The van der Waals surface area contributed by atoms with E-state index in [4.69, 9.17) is 4.74 Å². The average molecular weight is 330 g/mol. The minimum Gasteiger partial charge on any atom is -0.487 e. The zero-order chi connectivity index (χ0) is 17.3. The van der Waals surface area contributed by atoms with Crippen LogP contribution in [0.3, 0.4) is 0 Å². The number of carbonyl (C=O) groups is 2. The third-order valence-corrected chi connectivity index (χ3v) is 4.90. The number of benzene rings is 1. The molecule has 1 aromatic rings. The molecule has 2 saturated heterocycles. The van der Waals surface area contributed by atoms with Gasteiger partial charge in [-0.2, -0.15) is 0 Å². The van der Waals surface area contributed by atoms with E-state index in [1.165, 1.54) is 5.56 Å². The lowest BCUT2D eigenvalue weighted by Gasteiger charge is -2.40. The van der Waals surface area contributed by atoms with Crippen molar-refractivity contribution < 1.29 is 14.3 Å². The van der Waals surface area contributed by atoms with Gasteiger partial charge >= 0.3 is 0 Å². The third kappa shape index (κ3) is 3.40. The Morgan fingerprint density at radius 2 is 2.04 bits per heavy atom. The molecule has 0 saturated carbocycles. The Kier molecular flexibility index (Phi) is 4.78. The van der Waals surface area contributed by atoms with Gasteiger partial charge in [0.05, 0.1) is 19.0 Å². The Bertz CT molecular complexity index is 623. The first kappa shape index (κ1) is 16.8. The van der Waals surface area contributed by atoms with Crippen molar-refractivity contribution in [1.82, 2.24) is 9.80 Å². The summed E-state index contributed by atoms with van der Waals surface area (Å²) in [6, 6.07) is 8.26. The molecule has 0 N–H and O–H groups in total. The molecular weight excluding hydrogens is 304 g/mol. The van der Waals surface area contributed by atoms with Crippen LogP contribution in [0.15, 0.2) is 24.3 Å². The van der Waals surface area contributed by atoms with Gasteiger partial charge < -0.3 is 14.5 Å². The van der Waals surface area contributed by atoms with Gasteiger partial charge in [-0.1, -0.05) is 19.1 Å². The molecule has 1 atom stereocenters. The molecule has 2 aliphatic heterocycles. The van der Waals surface area contributed by atoms with Crippen LogP contribution in [-0.2, 0) is 16.0 Å². The summed E-state index contributed by atoms with van der Waals surface area (Å²) >= 11 is 0. The Hall–Kier alpha value is -2.04. The zero-order valence-electron chi connectivity index (χ0n) is 14.7. The van der Waals surface area contributed by atoms with Gasteiger partial charge in [0, 0.05) is 19.0 Å². The second-order valence-electron chi connectivity index (χ2n) is 7.02.